The highest BCUT2D eigenvalue weighted by Crippen LogP contribution is 2.32. The van der Waals surface area contributed by atoms with Gasteiger partial charge in [0.25, 0.3) is 0 Å². The van der Waals surface area contributed by atoms with Crippen LogP contribution < -0.4 is 11.5 Å². The molecule has 0 radical (unpaired) electrons. The molecule has 1 amide bonds. The Morgan fingerprint density at radius 2 is 1.56 bits per heavy atom. The van der Waals surface area contributed by atoms with Gasteiger partial charge in [-0.2, -0.15) is 0 Å². The van der Waals surface area contributed by atoms with Crippen LogP contribution >= 0.6 is 0 Å². The SMILES string of the molecule is NCCc1cn(CC(=O)c2cccc(C(N)=O)c2)c2ccc(-c3cccc4ccccc34)cc12. The van der Waals surface area contributed by atoms with E-state index in [4.69, 9.17) is 11.5 Å². The van der Waals surface area contributed by atoms with Crippen molar-refractivity contribution in [1.82, 2.24) is 4.57 Å². The van der Waals surface area contributed by atoms with E-state index in [9.17, 15) is 9.59 Å². The molecular weight excluding hydrogens is 422 g/mol. The number of benzene rings is 4. The minimum absolute atomic E-state index is 0.0857. The van der Waals surface area contributed by atoms with E-state index in [0.717, 1.165) is 22.0 Å². The van der Waals surface area contributed by atoms with Crippen molar-refractivity contribution >= 4 is 33.4 Å². The van der Waals surface area contributed by atoms with E-state index in [-0.39, 0.29) is 12.3 Å². The summed E-state index contributed by atoms with van der Waals surface area (Å²) in [7, 11) is 0. The van der Waals surface area contributed by atoms with Crippen molar-refractivity contribution in [3.8, 4) is 11.1 Å². The molecule has 0 atom stereocenters. The second-order valence-corrected chi connectivity index (χ2v) is 8.45. The Morgan fingerprint density at radius 1 is 0.794 bits per heavy atom. The third-order valence-corrected chi connectivity index (χ3v) is 6.26. The lowest BCUT2D eigenvalue weighted by Gasteiger charge is -2.09. The van der Waals surface area contributed by atoms with Gasteiger partial charge in [0.1, 0.15) is 0 Å². The maximum Gasteiger partial charge on any atom is 0.248 e. The van der Waals surface area contributed by atoms with Gasteiger partial charge in [-0.05, 0) is 64.7 Å². The second kappa shape index (κ2) is 8.96. The van der Waals surface area contributed by atoms with Gasteiger partial charge in [0.05, 0.1) is 6.54 Å². The Hall–Kier alpha value is -4.22. The molecule has 34 heavy (non-hydrogen) atoms. The maximum absolute atomic E-state index is 13.0. The summed E-state index contributed by atoms with van der Waals surface area (Å²) in [5.41, 5.74) is 16.5. The van der Waals surface area contributed by atoms with Crippen molar-refractivity contribution < 1.29 is 9.59 Å². The van der Waals surface area contributed by atoms with E-state index in [0.29, 0.717) is 24.1 Å². The van der Waals surface area contributed by atoms with Crippen molar-refractivity contribution in [2.24, 2.45) is 11.5 Å². The minimum Gasteiger partial charge on any atom is -0.366 e. The summed E-state index contributed by atoms with van der Waals surface area (Å²) >= 11 is 0. The molecule has 0 saturated heterocycles. The molecule has 0 fully saturated rings. The molecule has 4 aromatic carbocycles. The number of ketones is 1. The third kappa shape index (κ3) is 3.98. The second-order valence-electron chi connectivity index (χ2n) is 8.45. The Morgan fingerprint density at radius 3 is 2.38 bits per heavy atom. The van der Waals surface area contributed by atoms with Gasteiger partial charge < -0.3 is 16.0 Å². The summed E-state index contributed by atoms with van der Waals surface area (Å²) in [6.07, 6.45) is 2.73. The number of aromatic nitrogens is 1. The Balaban J connectivity index is 1.56. The number of Topliss-reactive ketones (excluding diaryl/α,β-unsaturated/α-hetero) is 1. The van der Waals surface area contributed by atoms with Crippen LogP contribution in [0.25, 0.3) is 32.8 Å². The van der Waals surface area contributed by atoms with Crippen LogP contribution in [0.15, 0.2) is 91.1 Å². The number of nitrogens with two attached hydrogens (primary N) is 2. The van der Waals surface area contributed by atoms with Gasteiger partial charge in [-0.25, -0.2) is 0 Å². The van der Waals surface area contributed by atoms with Crippen LogP contribution in [0.2, 0.25) is 0 Å². The highest BCUT2D eigenvalue weighted by molar-refractivity contribution is 6.02. The van der Waals surface area contributed by atoms with Gasteiger partial charge in [0.2, 0.25) is 5.91 Å². The lowest BCUT2D eigenvalue weighted by molar-refractivity contribution is 0.0973. The summed E-state index contributed by atoms with van der Waals surface area (Å²) < 4.78 is 1.96. The number of fused-ring (bicyclic) bond motifs is 2. The number of hydrogen-bond donors (Lipinski definition) is 2. The van der Waals surface area contributed by atoms with Crippen molar-refractivity contribution in [3.63, 3.8) is 0 Å². The predicted molar refractivity (Wildman–Crippen MR) is 137 cm³/mol. The Labute approximate surface area is 197 Å². The van der Waals surface area contributed by atoms with Gasteiger partial charge in [-0.1, -0.05) is 60.7 Å². The molecule has 1 heterocycles. The highest BCUT2D eigenvalue weighted by atomic mass is 16.1. The molecule has 1 aromatic heterocycles. The topological polar surface area (TPSA) is 91.1 Å². The van der Waals surface area contributed by atoms with Crippen LogP contribution in [-0.2, 0) is 13.0 Å². The van der Waals surface area contributed by atoms with Crippen LogP contribution in [0.5, 0.6) is 0 Å². The fourth-order valence-electron chi connectivity index (χ4n) is 4.59. The number of carbonyl (C=O) groups excluding carboxylic acids is 2. The molecule has 0 aliphatic rings. The largest absolute Gasteiger partial charge is 0.366 e. The van der Waals surface area contributed by atoms with Gasteiger partial charge in [0.15, 0.2) is 5.78 Å². The van der Waals surface area contributed by atoms with Crippen LogP contribution in [0.1, 0.15) is 26.3 Å². The monoisotopic (exact) mass is 447 g/mol. The molecule has 5 heteroatoms. The number of carbonyl (C=O) groups is 2. The molecule has 0 spiro atoms. The molecular formula is C29H25N3O2. The molecule has 0 aliphatic carbocycles. The van der Waals surface area contributed by atoms with Crippen molar-refractivity contribution in [1.29, 1.82) is 0 Å². The smallest absolute Gasteiger partial charge is 0.248 e. The first kappa shape index (κ1) is 21.6. The summed E-state index contributed by atoms with van der Waals surface area (Å²) in [6, 6.07) is 27.6. The van der Waals surface area contributed by atoms with E-state index >= 15 is 0 Å². The fourth-order valence-corrected chi connectivity index (χ4v) is 4.59. The third-order valence-electron chi connectivity index (χ3n) is 6.26. The molecule has 0 aliphatic heterocycles. The van der Waals surface area contributed by atoms with Crippen molar-refractivity contribution in [3.05, 3.63) is 108 Å². The number of rotatable bonds is 7. The Bertz CT molecular complexity index is 1540. The number of primary amides is 1. The molecule has 5 rings (SSSR count). The van der Waals surface area contributed by atoms with Crippen molar-refractivity contribution in [2.75, 3.05) is 6.54 Å². The van der Waals surface area contributed by atoms with E-state index in [1.807, 2.05) is 16.8 Å². The van der Waals surface area contributed by atoms with Gasteiger partial charge in [-0.15, -0.1) is 0 Å². The zero-order valence-electron chi connectivity index (χ0n) is 18.7. The quantitative estimate of drug-likeness (QED) is 0.346. The Kier molecular flexibility index (Phi) is 5.70. The molecule has 0 unspecified atom stereocenters. The number of amides is 1. The molecule has 168 valence electrons. The van der Waals surface area contributed by atoms with Gasteiger partial charge >= 0.3 is 0 Å². The lowest BCUT2D eigenvalue weighted by atomic mass is 9.96. The van der Waals surface area contributed by atoms with Crippen LogP contribution in [0.4, 0.5) is 0 Å². The first-order chi connectivity index (χ1) is 16.5. The van der Waals surface area contributed by atoms with Crippen molar-refractivity contribution in [2.45, 2.75) is 13.0 Å². The summed E-state index contributed by atoms with van der Waals surface area (Å²) in [4.78, 5) is 24.5. The molecule has 4 N–H and O–H groups in total. The summed E-state index contributed by atoms with van der Waals surface area (Å²) in [5, 5.41) is 3.49. The standard InChI is InChI=1S/C29H25N3O2/c30-14-13-23-17-32(18-28(33)21-7-3-8-22(15-21)29(31)34)27-12-11-20(16-26(23)27)25-10-4-6-19-5-1-2-9-24(19)25/h1-12,15-17H,13-14,18,30H2,(H2,31,34). The maximum atomic E-state index is 13.0. The van der Waals surface area contributed by atoms with Gasteiger partial charge in [-0.3, -0.25) is 9.59 Å². The molecule has 0 bridgehead atoms. The number of hydrogen-bond acceptors (Lipinski definition) is 3. The average molecular weight is 448 g/mol. The minimum atomic E-state index is -0.549. The zero-order chi connectivity index (χ0) is 23.7. The average Bonchev–Trinajstić information content (AvgIpc) is 3.20. The van der Waals surface area contributed by atoms with Crippen LogP contribution in [-0.4, -0.2) is 22.8 Å². The first-order valence-corrected chi connectivity index (χ1v) is 11.3. The van der Waals surface area contributed by atoms with Gasteiger partial charge in [0, 0.05) is 28.2 Å². The van der Waals surface area contributed by atoms with E-state index in [2.05, 4.69) is 54.6 Å². The normalized spacial score (nSPS) is 11.2. The van der Waals surface area contributed by atoms with Crippen LogP contribution in [0.3, 0.4) is 0 Å². The molecule has 5 aromatic rings. The predicted octanol–water partition coefficient (Wildman–Crippen LogP) is 4.94. The number of nitrogens with zero attached hydrogens (tertiary/aromatic N) is 1. The van der Waals surface area contributed by atoms with E-state index < -0.39 is 5.91 Å². The summed E-state index contributed by atoms with van der Waals surface area (Å²) in [5.74, 6) is -0.635. The summed E-state index contributed by atoms with van der Waals surface area (Å²) in [6.45, 7) is 0.684. The van der Waals surface area contributed by atoms with E-state index in [1.165, 1.54) is 16.3 Å². The fraction of sp³-hybridized carbons (Fsp3) is 0.103. The lowest BCUT2D eigenvalue weighted by Crippen LogP contribution is -2.14. The van der Waals surface area contributed by atoms with Crippen LogP contribution in [0, 0.1) is 0 Å². The zero-order valence-corrected chi connectivity index (χ0v) is 18.7. The molecule has 0 saturated carbocycles. The molecule has 5 nitrogen and oxygen atoms in total. The highest BCUT2D eigenvalue weighted by Gasteiger charge is 2.15. The van der Waals surface area contributed by atoms with E-state index in [1.54, 1.807) is 24.3 Å². The first-order valence-electron chi connectivity index (χ1n) is 11.3.